The monoisotopic (exact) mass is 752 g/mol. The lowest BCUT2D eigenvalue weighted by atomic mass is 9.92. The Hall–Kier alpha value is -1.92. The van der Waals surface area contributed by atoms with Gasteiger partial charge in [-0.25, -0.2) is 0 Å². The molecule has 9 heteroatoms. The van der Waals surface area contributed by atoms with Gasteiger partial charge < -0.3 is 49.1 Å². The van der Waals surface area contributed by atoms with E-state index in [1.165, 1.54) is 27.8 Å². The Morgan fingerprint density at radius 2 is 0.759 bits per heavy atom. The Morgan fingerprint density at radius 3 is 1.15 bits per heavy atom. The van der Waals surface area contributed by atoms with E-state index in [4.69, 9.17) is 17.2 Å². The Morgan fingerprint density at radius 1 is 0.407 bits per heavy atom. The molecule has 0 aromatic heterocycles. The third-order valence-corrected chi connectivity index (χ3v) is 9.66. The van der Waals surface area contributed by atoms with Gasteiger partial charge in [0.25, 0.3) is 0 Å². The third kappa shape index (κ3) is 25.3. The van der Waals surface area contributed by atoms with Gasteiger partial charge in [-0.3, -0.25) is 0 Å². The largest absolute Gasteiger partial charge is 0.327 e. The smallest absolute Gasteiger partial charge is 0.00914 e. The quantitative estimate of drug-likeness (QED) is 0.0460. The van der Waals surface area contributed by atoms with Crippen LogP contribution in [0.15, 0.2) is 42.5 Å². The van der Waals surface area contributed by atoms with Crippen molar-refractivity contribution >= 4 is 0 Å². The van der Waals surface area contributed by atoms with Crippen LogP contribution in [-0.4, -0.2) is 96.7 Å². The topological polar surface area (TPSA) is 150 Å². The molecule has 0 fully saturated rings. The van der Waals surface area contributed by atoms with E-state index in [1.807, 2.05) is 0 Å². The Labute approximate surface area is 332 Å². The molecule has 0 aliphatic rings. The fourth-order valence-corrected chi connectivity index (χ4v) is 6.68. The van der Waals surface area contributed by atoms with Crippen LogP contribution in [0.5, 0.6) is 0 Å². The summed E-state index contributed by atoms with van der Waals surface area (Å²) in [4.78, 5) is 0. The fraction of sp³-hybridized carbons (Fsp3) is 0.733. The summed E-state index contributed by atoms with van der Waals surface area (Å²) in [7, 11) is 0. The molecule has 0 bridgehead atoms. The summed E-state index contributed by atoms with van der Waals surface area (Å²) in [5.41, 5.74) is 26.5. The molecule has 0 radical (unpaired) electrons. The van der Waals surface area contributed by atoms with Crippen LogP contribution in [0.1, 0.15) is 96.8 Å². The van der Waals surface area contributed by atoms with Crippen LogP contribution in [0.2, 0.25) is 0 Å². The molecule has 3 unspecified atom stereocenters. The van der Waals surface area contributed by atoms with Crippen LogP contribution in [0, 0.1) is 17.8 Å². The Kier molecular flexibility index (Phi) is 27.0. The minimum Gasteiger partial charge on any atom is -0.327 e. The maximum atomic E-state index is 6.74. The van der Waals surface area contributed by atoms with Crippen LogP contribution in [0.25, 0.3) is 11.1 Å². The molecule has 2 aromatic rings. The summed E-state index contributed by atoms with van der Waals surface area (Å²) in [6.07, 6.45) is 8.86. The highest BCUT2D eigenvalue weighted by atomic mass is 14.9. The van der Waals surface area contributed by atoms with Gasteiger partial charge in [0, 0.05) is 18.1 Å². The lowest BCUT2D eigenvalue weighted by Crippen LogP contribution is -2.31. The molecule has 2 aromatic carbocycles. The second-order valence-corrected chi connectivity index (χ2v) is 17.1. The van der Waals surface area contributed by atoms with Crippen molar-refractivity contribution in [1.82, 2.24) is 31.9 Å². The van der Waals surface area contributed by atoms with Crippen LogP contribution >= 0.6 is 0 Å². The van der Waals surface area contributed by atoms with Crippen molar-refractivity contribution in [2.24, 2.45) is 35.0 Å². The molecule has 0 heterocycles. The first-order valence-electron chi connectivity index (χ1n) is 21.7. The van der Waals surface area contributed by atoms with Crippen LogP contribution in [-0.2, 0) is 19.3 Å². The van der Waals surface area contributed by atoms with Crippen molar-refractivity contribution in [1.29, 1.82) is 0 Å². The summed E-state index contributed by atoms with van der Waals surface area (Å²) in [6, 6.07) is 16.3. The second kappa shape index (κ2) is 30.2. The van der Waals surface area contributed by atoms with E-state index in [-0.39, 0.29) is 18.1 Å². The zero-order chi connectivity index (χ0) is 39.4. The van der Waals surface area contributed by atoms with Crippen molar-refractivity contribution in [3.63, 3.8) is 0 Å². The molecule has 12 N–H and O–H groups in total. The highest BCUT2D eigenvalue weighted by Gasteiger charge is 2.12. The van der Waals surface area contributed by atoms with Crippen molar-refractivity contribution in [3.8, 4) is 11.1 Å². The average molecular weight is 752 g/mol. The van der Waals surface area contributed by atoms with E-state index in [0.29, 0.717) is 17.8 Å². The molecule has 0 saturated heterocycles. The minimum absolute atomic E-state index is 0.0989. The Balaban J connectivity index is 1.97. The number of hydrogen-bond acceptors (Lipinski definition) is 9. The molecule has 0 saturated carbocycles. The number of hydrogen-bond donors (Lipinski definition) is 9. The molecule has 0 amide bonds. The number of rotatable bonds is 34. The SMILES string of the molecule is CC(C)CNCCCNCCC(N)Cc1cccc(-c2cc(CC(N)CCNCCCNCC(C)C)cc(CC(N)CCNCCCNCC(C)C)c2)c1. The van der Waals surface area contributed by atoms with Gasteiger partial charge in [0.15, 0.2) is 0 Å². The summed E-state index contributed by atoms with van der Waals surface area (Å²) < 4.78 is 0. The first kappa shape index (κ1) is 48.2. The molecule has 2 rings (SSSR count). The molecule has 0 aliphatic carbocycles. The maximum absolute atomic E-state index is 6.74. The summed E-state index contributed by atoms with van der Waals surface area (Å²) >= 11 is 0. The number of nitrogens with one attached hydrogen (secondary N) is 6. The third-order valence-electron chi connectivity index (χ3n) is 9.66. The highest BCUT2D eigenvalue weighted by Crippen LogP contribution is 2.26. The van der Waals surface area contributed by atoms with E-state index in [0.717, 1.165) is 136 Å². The van der Waals surface area contributed by atoms with Gasteiger partial charge in [0.2, 0.25) is 0 Å². The van der Waals surface area contributed by atoms with E-state index < -0.39 is 0 Å². The van der Waals surface area contributed by atoms with Crippen LogP contribution in [0.4, 0.5) is 0 Å². The Bertz CT molecular complexity index is 1140. The zero-order valence-corrected chi connectivity index (χ0v) is 35.6. The van der Waals surface area contributed by atoms with E-state index in [1.54, 1.807) is 0 Å². The first-order valence-corrected chi connectivity index (χ1v) is 21.7. The molecular weight excluding hydrogens is 667 g/mol. The second-order valence-electron chi connectivity index (χ2n) is 17.1. The molecule has 310 valence electrons. The standard InChI is InChI=1S/C45H85N9/c1-35(2)32-52-19-8-16-49-22-13-43(46)29-38-11-7-12-41(26-38)42-27-39(30-44(47)14-23-50-17-9-20-53-33-36(3)4)25-40(28-42)31-45(48)15-24-51-18-10-21-54-34-37(5)6/h7,11-12,25-28,35-37,43-45,49-54H,8-10,13-24,29-34,46-48H2,1-6H3. The lowest BCUT2D eigenvalue weighted by molar-refractivity contribution is 0.515. The fourth-order valence-electron chi connectivity index (χ4n) is 6.68. The van der Waals surface area contributed by atoms with Crippen molar-refractivity contribution in [3.05, 3.63) is 59.2 Å². The lowest BCUT2D eigenvalue weighted by Gasteiger charge is -2.18. The van der Waals surface area contributed by atoms with Gasteiger partial charge in [-0.15, -0.1) is 0 Å². The van der Waals surface area contributed by atoms with Gasteiger partial charge in [-0.2, -0.15) is 0 Å². The molecule has 0 aliphatic heterocycles. The van der Waals surface area contributed by atoms with Gasteiger partial charge >= 0.3 is 0 Å². The normalized spacial score (nSPS) is 13.7. The molecule has 54 heavy (non-hydrogen) atoms. The van der Waals surface area contributed by atoms with Crippen molar-refractivity contribution in [2.75, 3.05) is 78.5 Å². The summed E-state index contributed by atoms with van der Waals surface area (Å²) in [5.74, 6) is 2.08. The summed E-state index contributed by atoms with van der Waals surface area (Å²) in [6.45, 7) is 25.8. The molecule has 9 nitrogen and oxygen atoms in total. The predicted octanol–water partition coefficient (Wildman–Crippen LogP) is 4.81. The highest BCUT2D eigenvalue weighted by molar-refractivity contribution is 5.66. The summed E-state index contributed by atoms with van der Waals surface area (Å²) in [5, 5.41) is 21.3. The number of benzene rings is 2. The zero-order valence-electron chi connectivity index (χ0n) is 35.6. The molecule has 0 spiro atoms. The predicted molar refractivity (Wildman–Crippen MR) is 236 cm³/mol. The van der Waals surface area contributed by atoms with E-state index >= 15 is 0 Å². The van der Waals surface area contributed by atoms with Crippen LogP contribution in [0.3, 0.4) is 0 Å². The molecule has 3 atom stereocenters. The van der Waals surface area contributed by atoms with Gasteiger partial charge in [0.1, 0.15) is 0 Å². The van der Waals surface area contributed by atoms with Crippen molar-refractivity contribution in [2.45, 2.75) is 117 Å². The number of nitrogens with two attached hydrogens (primary N) is 3. The maximum Gasteiger partial charge on any atom is 0.00914 e. The van der Waals surface area contributed by atoms with E-state index in [9.17, 15) is 0 Å². The first-order chi connectivity index (χ1) is 26.0. The van der Waals surface area contributed by atoms with Gasteiger partial charge in [-0.05, 0) is 182 Å². The van der Waals surface area contributed by atoms with Crippen molar-refractivity contribution < 1.29 is 0 Å². The van der Waals surface area contributed by atoms with Gasteiger partial charge in [0.05, 0.1) is 0 Å². The molecular formula is C45H85N9. The van der Waals surface area contributed by atoms with E-state index in [2.05, 4.69) is 116 Å². The average Bonchev–Trinajstić information content (AvgIpc) is 3.11. The van der Waals surface area contributed by atoms with Gasteiger partial charge in [-0.1, -0.05) is 84.0 Å². The van der Waals surface area contributed by atoms with Crippen LogP contribution < -0.4 is 49.1 Å². The minimum atomic E-state index is 0.0989.